The van der Waals surface area contributed by atoms with Gasteiger partial charge >= 0.3 is 17.9 Å². The van der Waals surface area contributed by atoms with E-state index in [9.17, 15) is 14.4 Å². The summed E-state index contributed by atoms with van der Waals surface area (Å²) < 4.78 is 16.7. The first kappa shape index (κ1) is 55.4. The van der Waals surface area contributed by atoms with E-state index in [0.29, 0.717) is 19.3 Å². The van der Waals surface area contributed by atoms with Gasteiger partial charge in [0, 0.05) is 19.3 Å². The van der Waals surface area contributed by atoms with E-state index in [1.54, 1.807) is 0 Å². The van der Waals surface area contributed by atoms with Gasteiger partial charge in [0.25, 0.3) is 0 Å². The molecular weight excluding hydrogens is 709 g/mol. The average molecular weight is 807 g/mol. The van der Waals surface area contributed by atoms with Crippen LogP contribution in [0.15, 0.2) is 0 Å². The Labute approximate surface area is 355 Å². The van der Waals surface area contributed by atoms with E-state index in [0.717, 1.165) is 63.7 Å². The molecule has 0 radical (unpaired) electrons. The SMILES string of the molecule is CCCCCCCCCCCCCCCCCCCCC(=O)OC[C@@H](COC(=O)CCCCCCCCC)OC(=O)CCCCCCCCCCCCC(C)CC. The monoisotopic (exact) mass is 807 g/mol. The zero-order chi connectivity index (χ0) is 41.7. The molecule has 0 saturated carbocycles. The van der Waals surface area contributed by atoms with E-state index in [1.165, 1.54) is 180 Å². The Kier molecular flexibility index (Phi) is 44.2. The van der Waals surface area contributed by atoms with Gasteiger partial charge in [0.2, 0.25) is 0 Å². The summed E-state index contributed by atoms with van der Waals surface area (Å²) >= 11 is 0. The van der Waals surface area contributed by atoms with Gasteiger partial charge in [0.1, 0.15) is 13.2 Å². The molecule has 0 aliphatic carbocycles. The average Bonchev–Trinajstić information content (AvgIpc) is 3.21. The summed E-state index contributed by atoms with van der Waals surface area (Å²) in [7, 11) is 0. The van der Waals surface area contributed by atoms with Crippen molar-refractivity contribution in [2.75, 3.05) is 13.2 Å². The zero-order valence-corrected chi connectivity index (χ0v) is 38.8. The molecule has 0 fully saturated rings. The van der Waals surface area contributed by atoms with Crippen molar-refractivity contribution in [2.45, 2.75) is 291 Å². The Morgan fingerprint density at radius 2 is 0.614 bits per heavy atom. The van der Waals surface area contributed by atoms with Crippen molar-refractivity contribution in [2.24, 2.45) is 5.92 Å². The summed E-state index contributed by atoms with van der Waals surface area (Å²) in [6.07, 6.45) is 46.7. The van der Waals surface area contributed by atoms with Crippen LogP contribution in [0.25, 0.3) is 0 Å². The number of hydrogen-bond acceptors (Lipinski definition) is 6. The fourth-order valence-electron chi connectivity index (χ4n) is 7.66. The second-order valence-electron chi connectivity index (χ2n) is 17.7. The predicted octanol–water partition coefficient (Wildman–Crippen LogP) is 16.3. The van der Waals surface area contributed by atoms with Crippen molar-refractivity contribution in [3.63, 3.8) is 0 Å². The number of hydrogen-bond donors (Lipinski definition) is 0. The number of rotatable bonds is 46. The smallest absolute Gasteiger partial charge is 0.306 e. The molecule has 0 aliphatic heterocycles. The van der Waals surface area contributed by atoms with E-state index in [-0.39, 0.29) is 31.1 Å². The third-order valence-electron chi connectivity index (χ3n) is 11.9. The molecule has 0 saturated heterocycles. The molecule has 6 heteroatoms. The van der Waals surface area contributed by atoms with Gasteiger partial charge in [-0.05, 0) is 25.2 Å². The molecule has 0 heterocycles. The highest BCUT2D eigenvalue weighted by molar-refractivity contribution is 5.71. The standard InChI is InChI=1S/C51H98O6/c1-5-8-10-12-14-15-16-17-18-19-20-21-22-23-27-31-35-39-43-50(53)56-46-48(45-55-49(52)42-38-34-29-13-11-9-6-2)57-51(54)44-40-36-32-28-25-24-26-30-33-37-41-47(4)7-3/h47-48H,5-46H2,1-4H3/t47?,48-/m1/s1. The first-order valence-corrected chi connectivity index (χ1v) is 25.4. The molecule has 1 unspecified atom stereocenters. The van der Waals surface area contributed by atoms with Gasteiger partial charge in [0.15, 0.2) is 6.10 Å². The van der Waals surface area contributed by atoms with Crippen LogP contribution in [-0.4, -0.2) is 37.2 Å². The van der Waals surface area contributed by atoms with Gasteiger partial charge in [0.05, 0.1) is 0 Å². The molecular formula is C51H98O6. The molecule has 0 rings (SSSR count). The van der Waals surface area contributed by atoms with Crippen molar-refractivity contribution in [1.29, 1.82) is 0 Å². The molecule has 0 amide bonds. The Morgan fingerprint density at radius 1 is 0.351 bits per heavy atom. The lowest BCUT2D eigenvalue weighted by Crippen LogP contribution is -2.30. The Morgan fingerprint density at radius 3 is 0.912 bits per heavy atom. The molecule has 0 aromatic carbocycles. The molecule has 57 heavy (non-hydrogen) atoms. The number of unbranched alkanes of at least 4 members (excludes halogenated alkanes) is 32. The van der Waals surface area contributed by atoms with Crippen LogP contribution in [0.3, 0.4) is 0 Å². The van der Waals surface area contributed by atoms with Gasteiger partial charge in [-0.3, -0.25) is 14.4 Å². The lowest BCUT2D eigenvalue weighted by atomic mass is 9.99. The molecule has 0 bridgehead atoms. The normalized spacial score (nSPS) is 12.4. The van der Waals surface area contributed by atoms with Crippen molar-refractivity contribution < 1.29 is 28.6 Å². The van der Waals surface area contributed by atoms with Crippen LogP contribution in [0.1, 0.15) is 285 Å². The van der Waals surface area contributed by atoms with Crippen molar-refractivity contribution in [3.05, 3.63) is 0 Å². The third-order valence-corrected chi connectivity index (χ3v) is 11.9. The Bertz CT molecular complexity index is 859. The Balaban J connectivity index is 4.19. The molecule has 2 atom stereocenters. The van der Waals surface area contributed by atoms with Crippen molar-refractivity contribution in [1.82, 2.24) is 0 Å². The summed E-state index contributed by atoms with van der Waals surface area (Å²) in [4.78, 5) is 37.7. The quantitative estimate of drug-likeness (QED) is 0.0346. The van der Waals surface area contributed by atoms with Gasteiger partial charge in [-0.15, -0.1) is 0 Å². The topological polar surface area (TPSA) is 78.9 Å². The van der Waals surface area contributed by atoms with Crippen LogP contribution >= 0.6 is 0 Å². The molecule has 0 aliphatic rings. The summed E-state index contributed by atoms with van der Waals surface area (Å²) in [5.41, 5.74) is 0. The maximum absolute atomic E-state index is 12.7. The molecule has 0 aromatic rings. The van der Waals surface area contributed by atoms with Crippen LogP contribution < -0.4 is 0 Å². The summed E-state index contributed by atoms with van der Waals surface area (Å²) in [6, 6.07) is 0. The Hall–Kier alpha value is -1.59. The minimum absolute atomic E-state index is 0.0635. The number of ether oxygens (including phenoxy) is 3. The van der Waals surface area contributed by atoms with Gasteiger partial charge < -0.3 is 14.2 Å². The molecule has 338 valence electrons. The third kappa shape index (κ3) is 43.8. The van der Waals surface area contributed by atoms with Crippen LogP contribution in [-0.2, 0) is 28.6 Å². The van der Waals surface area contributed by atoms with E-state index in [2.05, 4.69) is 27.7 Å². The fourth-order valence-corrected chi connectivity index (χ4v) is 7.66. The van der Waals surface area contributed by atoms with Crippen molar-refractivity contribution >= 4 is 17.9 Å². The minimum Gasteiger partial charge on any atom is -0.462 e. The van der Waals surface area contributed by atoms with E-state index >= 15 is 0 Å². The minimum atomic E-state index is -0.759. The maximum atomic E-state index is 12.7. The first-order chi connectivity index (χ1) is 27.9. The summed E-state index contributed by atoms with van der Waals surface area (Å²) in [6.45, 7) is 9.01. The fraction of sp³-hybridized carbons (Fsp3) is 0.941. The first-order valence-electron chi connectivity index (χ1n) is 25.4. The van der Waals surface area contributed by atoms with Gasteiger partial charge in [-0.1, -0.05) is 246 Å². The predicted molar refractivity (Wildman–Crippen MR) is 243 cm³/mol. The van der Waals surface area contributed by atoms with Gasteiger partial charge in [-0.2, -0.15) is 0 Å². The van der Waals surface area contributed by atoms with E-state index < -0.39 is 6.10 Å². The highest BCUT2D eigenvalue weighted by atomic mass is 16.6. The molecule has 6 nitrogen and oxygen atoms in total. The second-order valence-corrected chi connectivity index (χ2v) is 17.7. The largest absolute Gasteiger partial charge is 0.462 e. The lowest BCUT2D eigenvalue weighted by Gasteiger charge is -2.18. The van der Waals surface area contributed by atoms with E-state index in [4.69, 9.17) is 14.2 Å². The molecule has 0 spiro atoms. The van der Waals surface area contributed by atoms with Crippen LogP contribution in [0.4, 0.5) is 0 Å². The number of esters is 3. The highest BCUT2D eigenvalue weighted by Crippen LogP contribution is 2.17. The van der Waals surface area contributed by atoms with E-state index in [1.807, 2.05) is 0 Å². The highest BCUT2D eigenvalue weighted by Gasteiger charge is 2.19. The zero-order valence-electron chi connectivity index (χ0n) is 38.8. The van der Waals surface area contributed by atoms with Crippen LogP contribution in [0.2, 0.25) is 0 Å². The van der Waals surface area contributed by atoms with Crippen LogP contribution in [0.5, 0.6) is 0 Å². The van der Waals surface area contributed by atoms with Crippen molar-refractivity contribution in [3.8, 4) is 0 Å². The maximum Gasteiger partial charge on any atom is 0.306 e. The van der Waals surface area contributed by atoms with Gasteiger partial charge in [-0.25, -0.2) is 0 Å². The second kappa shape index (κ2) is 45.5. The summed E-state index contributed by atoms with van der Waals surface area (Å²) in [5.74, 6) is 0.0137. The van der Waals surface area contributed by atoms with Crippen LogP contribution in [0, 0.1) is 5.92 Å². The number of carbonyl (C=O) groups is 3. The number of carbonyl (C=O) groups excluding carboxylic acids is 3. The lowest BCUT2D eigenvalue weighted by molar-refractivity contribution is -0.167. The molecule has 0 aromatic heterocycles. The summed E-state index contributed by atoms with van der Waals surface area (Å²) in [5, 5.41) is 0. The molecule has 0 N–H and O–H groups in total.